The molecule has 0 saturated carbocycles. The molecule has 1 aliphatic heterocycles. The Bertz CT molecular complexity index is 986. The van der Waals surface area contributed by atoms with Crippen molar-refractivity contribution >= 4 is 22.0 Å². The molecule has 1 aliphatic rings. The van der Waals surface area contributed by atoms with E-state index in [1.165, 1.54) is 21.8 Å². The second kappa shape index (κ2) is 10.7. The van der Waals surface area contributed by atoms with Gasteiger partial charge in [0.25, 0.3) is 0 Å². The summed E-state index contributed by atoms with van der Waals surface area (Å²) < 4.78 is 39.6. The molecule has 2 aromatic rings. The summed E-state index contributed by atoms with van der Waals surface area (Å²) in [7, 11) is -3.50. The van der Waals surface area contributed by atoms with E-state index in [-0.39, 0.29) is 17.8 Å². The molecule has 8 heteroatoms. The van der Waals surface area contributed by atoms with E-state index in [0.717, 1.165) is 11.1 Å². The van der Waals surface area contributed by atoms with E-state index in [1.807, 2.05) is 42.2 Å². The predicted molar refractivity (Wildman–Crippen MR) is 120 cm³/mol. The fraction of sp³-hybridized carbons (Fsp3) is 0.348. The lowest BCUT2D eigenvalue weighted by Crippen LogP contribution is -2.54. The van der Waals surface area contributed by atoms with Crippen LogP contribution in [0.15, 0.2) is 60.0 Å². The number of nitrogens with zero attached hydrogens (tertiary/aromatic N) is 2. The zero-order valence-electron chi connectivity index (χ0n) is 17.6. The van der Waals surface area contributed by atoms with Gasteiger partial charge in [0.1, 0.15) is 5.82 Å². The van der Waals surface area contributed by atoms with E-state index in [9.17, 15) is 17.6 Å². The molecule has 1 atom stereocenters. The number of hydrogen-bond acceptors (Lipinski definition) is 4. The zero-order valence-corrected chi connectivity index (χ0v) is 18.4. The number of nitrogens with one attached hydrogen (secondary N) is 1. The summed E-state index contributed by atoms with van der Waals surface area (Å²) >= 11 is 0. The van der Waals surface area contributed by atoms with Crippen LogP contribution in [0.3, 0.4) is 0 Å². The second-order valence-corrected chi connectivity index (χ2v) is 9.36. The molecule has 0 spiro atoms. The third kappa shape index (κ3) is 6.72. The molecular formula is C23H28FN3O3S. The minimum Gasteiger partial charge on any atom is -0.354 e. The molecular weight excluding hydrogens is 417 g/mol. The van der Waals surface area contributed by atoms with Crippen molar-refractivity contribution in [1.82, 2.24) is 14.5 Å². The third-order valence-corrected chi connectivity index (χ3v) is 6.98. The Balaban J connectivity index is 1.45. The first-order valence-electron chi connectivity index (χ1n) is 10.3. The highest BCUT2D eigenvalue weighted by atomic mass is 32.2. The van der Waals surface area contributed by atoms with Crippen LogP contribution in [0.1, 0.15) is 18.1 Å². The van der Waals surface area contributed by atoms with Gasteiger partial charge in [0.15, 0.2) is 0 Å². The molecule has 1 saturated heterocycles. The molecule has 0 bridgehead atoms. The molecule has 31 heavy (non-hydrogen) atoms. The number of rotatable bonds is 8. The number of benzene rings is 2. The minimum atomic E-state index is -3.50. The largest absolute Gasteiger partial charge is 0.354 e. The molecule has 1 fully saturated rings. The van der Waals surface area contributed by atoms with Crippen LogP contribution in [0.25, 0.3) is 6.08 Å². The van der Waals surface area contributed by atoms with E-state index < -0.39 is 10.0 Å². The Labute approximate surface area is 183 Å². The van der Waals surface area contributed by atoms with Crippen molar-refractivity contribution in [3.63, 3.8) is 0 Å². The molecule has 1 amide bonds. The van der Waals surface area contributed by atoms with Gasteiger partial charge in [-0.05, 0) is 42.7 Å². The van der Waals surface area contributed by atoms with Crippen LogP contribution in [0.2, 0.25) is 0 Å². The maximum absolute atomic E-state index is 13.0. The van der Waals surface area contributed by atoms with Crippen LogP contribution >= 0.6 is 0 Å². The molecule has 0 aliphatic carbocycles. The predicted octanol–water partition coefficient (Wildman–Crippen LogP) is 2.49. The first kappa shape index (κ1) is 23.1. The van der Waals surface area contributed by atoms with Crippen molar-refractivity contribution in [1.29, 1.82) is 0 Å². The van der Waals surface area contributed by atoms with Crippen molar-refractivity contribution < 1.29 is 17.6 Å². The standard InChI is InChI=1S/C23H28FN3O3S/c1-19(23(28)25-13-11-21-7-9-22(24)10-8-21)26-14-16-27(17-15-26)31(29,30)18-12-20-5-3-2-4-6-20/h2-10,12,18-19H,11,13-17H2,1H3,(H,25,28)/b18-12+. The fourth-order valence-corrected chi connectivity index (χ4v) is 4.63. The third-order valence-electron chi connectivity index (χ3n) is 5.42. The number of piperazine rings is 1. The number of carbonyl (C=O) groups is 1. The normalized spacial score (nSPS) is 17.0. The molecule has 0 radical (unpaired) electrons. The van der Waals surface area contributed by atoms with Crippen molar-refractivity contribution in [3.05, 3.63) is 76.9 Å². The van der Waals surface area contributed by atoms with Gasteiger partial charge in [-0.2, -0.15) is 4.31 Å². The number of hydrogen-bond donors (Lipinski definition) is 1. The van der Waals surface area contributed by atoms with E-state index in [0.29, 0.717) is 39.1 Å². The highest BCUT2D eigenvalue weighted by Gasteiger charge is 2.29. The molecule has 0 aromatic heterocycles. The molecule has 1 N–H and O–H groups in total. The lowest BCUT2D eigenvalue weighted by Gasteiger charge is -2.36. The Morgan fingerprint density at radius 1 is 1.06 bits per heavy atom. The lowest BCUT2D eigenvalue weighted by atomic mass is 10.1. The Hall–Kier alpha value is -2.55. The van der Waals surface area contributed by atoms with Gasteiger partial charge in [0.05, 0.1) is 6.04 Å². The van der Waals surface area contributed by atoms with Gasteiger partial charge in [0.2, 0.25) is 15.9 Å². The topological polar surface area (TPSA) is 69.7 Å². The minimum absolute atomic E-state index is 0.0950. The Morgan fingerprint density at radius 2 is 1.71 bits per heavy atom. The van der Waals surface area contributed by atoms with Gasteiger partial charge in [0, 0.05) is 38.1 Å². The van der Waals surface area contributed by atoms with E-state index in [4.69, 9.17) is 0 Å². The summed E-state index contributed by atoms with van der Waals surface area (Å²) in [5, 5.41) is 4.15. The summed E-state index contributed by atoms with van der Waals surface area (Å²) in [4.78, 5) is 14.5. The van der Waals surface area contributed by atoms with Crippen molar-refractivity contribution in [2.24, 2.45) is 0 Å². The average molecular weight is 446 g/mol. The first-order valence-corrected chi connectivity index (χ1v) is 11.8. The first-order chi connectivity index (χ1) is 14.8. The van der Waals surface area contributed by atoms with Gasteiger partial charge in [-0.25, -0.2) is 12.8 Å². The summed E-state index contributed by atoms with van der Waals surface area (Å²) in [6.07, 6.45) is 2.22. The average Bonchev–Trinajstić information content (AvgIpc) is 2.79. The molecule has 1 heterocycles. The number of carbonyl (C=O) groups excluding carboxylic acids is 1. The van der Waals surface area contributed by atoms with Gasteiger partial charge in [-0.15, -0.1) is 0 Å². The molecule has 166 valence electrons. The van der Waals surface area contributed by atoms with Crippen LogP contribution in [0.4, 0.5) is 4.39 Å². The highest BCUT2D eigenvalue weighted by Crippen LogP contribution is 2.13. The SMILES string of the molecule is CC(C(=O)NCCc1ccc(F)cc1)N1CCN(S(=O)(=O)/C=C/c2ccccc2)CC1. The number of amides is 1. The highest BCUT2D eigenvalue weighted by molar-refractivity contribution is 7.92. The maximum Gasteiger partial charge on any atom is 0.237 e. The second-order valence-electron chi connectivity index (χ2n) is 7.54. The molecule has 2 aromatic carbocycles. The summed E-state index contributed by atoms with van der Waals surface area (Å²) in [5.41, 5.74) is 1.78. The number of halogens is 1. The lowest BCUT2D eigenvalue weighted by molar-refractivity contribution is -0.126. The molecule has 1 unspecified atom stereocenters. The van der Waals surface area contributed by atoms with Crippen molar-refractivity contribution in [3.8, 4) is 0 Å². The maximum atomic E-state index is 13.0. The van der Waals surface area contributed by atoms with Crippen molar-refractivity contribution in [2.75, 3.05) is 32.7 Å². The molecule has 3 rings (SSSR count). The van der Waals surface area contributed by atoms with Gasteiger partial charge in [-0.3, -0.25) is 9.69 Å². The Kier molecular flexibility index (Phi) is 7.95. The summed E-state index contributed by atoms with van der Waals surface area (Å²) in [6.45, 7) is 3.96. The summed E-state index contributed by atoms with van der Waals surface area (Å²) in [6, 6.07) is 15.2. The quantitative estimate of drug-likeness (QED) is 0.678. The van der Waals surface area contributed by atoms with Gasteiger partial charge >= 0.3 is 0 Å². The van der Waals surface area contributed by atoms with Crippen LogP contribution in [0.5, 0.6) is 0 Å². The Morgan fingerprint density at radius 3 is 2.35 bits per heavy atom. The van der Waals surface area contributed by atoms with Crippen LogP contribution in [-0.2, 0) is 21.2 Å². The van der Waals surface area contributed by atoms with Crippen molar-refractivity contribution in [2.45, 2.75) is 19.4 Å². The van der Waals surface area contributed by atoms with Crippen LogP contribution in [-0.4, -0.2) is 62.3 Å². The zero-order chi connectivity index (χ0) is 22.3. The smallest absolute Gasteiger partial charge is 0.237 e. The van der Waals surface area contributed by atoms with Gasteiger partial charge in [-0.1, -0.05) is 42.5 Å². The monoisotopic (exact) mass is 445 g/mol. The van der Waals surface area contributed by atoms with Gasteiger partial charge < -0.3 is 5.32 Å². The van der Waals surface area contributed by atoms with Crippen LogP contribution < -0.4 is 5.32 Å². The van der Waals surface area contributed by atoms with Crippen LogP contribution in [0, 0.1) is 5.82 Å². The fourth-order valence-electron chi connectivity index (χ4n) is 3.45. The number of sulfonamides is 1. The molecule has 6 nitrogen and oxygen atoms in total. The van der Waals surface area contributed by atoms with E-state index >= 15 is 0 Å². The summed E-state index contributed by atoms with van der Waals surface area (Å²) in [5.74, 6) is -0.375. The van der Waals surface area contributed by atoms with E-state index in [1.54, 1.807) is 18.2 Å². The van der Waals surface area contributed by atoms with E-state index in [2.05, 4.69) is 5.32 Å².